The van der Waals surface area contributed by atoms with E-state index in [1.165, 1.54) is 4.90 Å². The van der Waals surface area contributed by atoms with E-state index in [9.17, 15) is 9.18 Å². The van der Waals surface area contributed by atoms with Crippen molar-refractivity contribution in [2.24, 2.45) is 0 Å². The maximum atomic E-state index is 14.4. The molecule has 3 heterocycles. The van der Waals surface area contributed by atoms with Crippen LogP contribution in [0.1, 0.15) is 20.8 Å². The molecule has 3 rings (SSSR count). The van der Waals surface area contributed by atoms with Gasteiger partial charge in [0.25, 0.3) is 0 Å². The van der Waals surface area contributed by atoms with Gasteiger partial charge in [0.15, 0.2) is 0 Å². The number of pyridine rings is 2. The standard InChI is InChI=1S/C17H20BrFN4O2/c1-17(2,3)25-16(24)23-8-12(19)13(9-23)22-15-10-5-4-6-20-14(10)11(18)7-21-15/h4-7,12-13H,8-9H2,1-3H3,(H,21,22)/t12-,13+/m0/s1. The van der Waals surface area contributed by atoms with Gasteiger partial charge in [-0.1, -0.05) is 0 Å². The van der Waals surface area contributed by atoms with Crippen LogP contribution >= 0.6 is 15.9 Å². The number of carbonyl (C=O) groups is 1. The fourth-order valence-electron chi connectivity index (χ4n) is 2.70. The second kappa shape index (κ2) is 6.74. The topological polar surface area (TPSA) is 67.3 Å². The number of hydrogen-bond donors (Lipinski definition) is 1. The average molecular weight is 411 g/mol. The minimum atomic E-state index is -1.20. The Labute approximate surface area is 153 Å². The highest BCUT2D eigenvalue weighted by Gasteiger charge is 2.37. The van der Waals surface area contributed by atoms with Crippen molar-refractivity contribution in [3.63, 3.8) is 0 Å². The molecule has 2 atom stereocenters. The number of amides is 1. The number of fused-ring (bicyclic) bond motifs is 1. The van der Waals surface area contributed by atoms with Crippen molar-refractivity contribution in [3.8, 4) is 0 Å². The largest absolute Gasteiger partial charge is 0.444 e. The third-order valence-corrected chi connectivity index (χ3v) is 4.40. The fourth-order valence-corrected chi connectivity index (χ4v) is 3.12. The number of rotatable bonds is 2. The summed E-state index contributed by atoms with van der Waals surface area (Å²) < 4.78 is 20.5. The molecule has 1 aliphatic rings. The minimum Gasteiger partial charge on any atom is -0.444 e. The van der Waals surface area contributed by atoms with Gasteiger partial charge in [-0.2, -0.15) is 0 Å². The highest BCUT2D eigenvalue weighted by Crippen LogP contribution is 2.28. The van der Waals surface area contributed by atoms with E-state index in [1.54, 1.807) is 39.2 Å². The normalized spacial score (nSPS) is 20.8. The van der Waals surface area contributed by atoms with Crippen molar-refractivity contribution in [2.45, 2.75) is 38.6 Å². The predicted molar refractivity (Wildman–Crippen MR) is 97.4 cm³/mol. The Balaban J connectivity index is 1.76. The zero-order chi connectivity index (χ0) is 18.2. The highest BCUT2D eigenvalue weighted by atomic mass is 79.9. The van der Waals surface area contributed by atoms with Crippen LogP contribution in [0.4, 0.5) is 15.0 Å². The van der Waals surface area contributed by atoms with Crippen LogP contribution in [-0.4, -0.2) is 51.9 Å². The fraction of sp³-hybridized carbons (Fsp3) is 0.471. The molecule has 134 valence electrons. The number of halogens is 2. The van der Waals surface area contributed by atoms with Crippen molar-refractivity contribution in [1.82, 2.24) is 14.9 Å². The Morgan fingerprint density at radius 2 is 2.16 bits per heavy atom. The third kappa shape index (κ3) is 4.00. The quantitative estimate of drug-likeness (QED) is 0.815. The molecule has 0 aliphatic carbocycles. The van der Waals surface area contributed by atoms with Crippen molar-refractivity contribution < 1.29 is 13.9 Å². The van der Waals surface area contributed by atoms with Crippen LogP contribution in [0.15, 0.2) is 29.0 Å². The molecule has 0 aromatic carbocycles. The molecule has 0 spiro atoms. The van der Waals surface area contributed by atoms with E-state index in [0.29, 0.717) is 5.82 Å². The summed E-state index contributed by atoms with van der Waals surface area (Å²) in [5, 5.41) is 3.90. The summed E-state index contributed by atoms with van der Waals surface area (Å²) in [4.78, 5) is 22.2. The van der Waals surface area contributed by atoms with Crippen LogP contribution in [-0.2, 0) is 4.74 Å². The van der Waals surface area contributed by atoms with E-state index in [2.05, 4.69) is 31.2 Å². The van der Waals surface area contributed by atoms with Gasteiger partial charge in [-0.3, -0.25) is 4.98 Å². The van der Waals surface area contributed by atoms with Gasteiger partial charge in [0.05, 0.1) is 22.6 Å². The zero-order valence-corrected chi connectivity index (χ0v) is 15.9. The number of hydrogen-bond acceptors (Lipinski definition) is 5. The number of likely N-dealkylation sites (tertiary alicyclic amines) is 1. The molecule has 6 nitrogen and oxygen atoms in total. The second-order valence-electron chi connectivity index (χ2n) is 7.01. The monoisotopic (exact) mass is 410 g/mol. The number of anilines is 1. The number of carbonyl (C=O) groups excluding carboxylic acids is 1. The van der Waals surface area contributed by atoms with E-state index in [0.717, 1.165) is 15.4 Å². The molecule has 1 amide bonds. The molecule has 1 saturated heterocycles. The van der Waals surface area contributed by atoms with E-state index in [4.69, 9.17) is 4.74 Å². The Morgan fingerprint density at radius 1 is 1.40 bits per heavy atom. The lowest BCUT2D eigenvalue weighted by Gasteiger charge is -2.24. The number of nitrogens with zero attached hydrogens (tertiary/aromatic N) is 3. The van der Waals surface area contributed by atoms with E-state index >= 15 is 0 Å². The first-order valence-electron chi connectivity index (χ1n) is 8.02. The Hall–Kier alpha value is -1.96. The highest BCUT2D eigenvalue weighted by molar-refractivity contribution is 9.10. The summed E-state index contributed by atoms with van der Waals surface area (Å²) in [6.07, 6.45) is 1.61. The lowest BCUT2D eigenvalue weighted by Crippen LogP contribution is -2.36. The second-order valence-corrected chi connectivity index (χ2v) is 7.86. The van der Waals surface area contributed by atoms with Gasteiger partial charge in [-0.15, -0.1) is 0 Å². The Morgan fingerprint density at radius 3 is 2.88 bits per heavy atom. The molecule has 0 radical (unpaired) electrons. The molecule has 1 aliphatic heterocycles. The summed E-state index contributed by atoms with van der Waals surface area (Å²) >= 11 is 3.42. The van der Waals surface area contributed by atoms with Crippen LogP contribution in [0.2, 0.25) is 0 Å². The van der Waals surface area contributed by atoms with Gasteiger partial charge in [0.2, 0.25) is 0 Å². The Bertz CT molecular complexity index is 796. The number of ether oxygens (including phenoxy) is 1. The Kier molecular flexibility index (Phi) is 4.81. The van der Waals surface area contributed by atoms with Crippen LogP contribution < -0.4 is 5.32 Å². The van der Waals surface area contributed by atoms with Crippen molar-refractivity contribution in [3.05, 3.63) is 29.0 Å². The molecular weight excluding hydrogens is 391 g/mol. The number of nitrogens with one attached hydrogen (secondary N) is 1. The van der Waals surface area contributed by atoms with Gasteiger partial charge in [0.1, 0.15) is 17.6 Å². The maximum Gasteiger partial charge on any atom is 0.410 e. The predicted octanol–water partition coefficient (Wildman–Crippen LogP) is 3.76. The molecule has 25 heavy (non-hydrogen) atoms. The molecule has 0 bridgehead atoms. The lowest BCUT2D eigenvalue weighted by molar-refractivity contribution is 0.0283. The van der Waals surface area contributed by atoms with Crippen molar-refractivity contribution >= 4 is 38.7 Å². The van der Waals surface area contributed by atoms with Gasteiger partial charge in [-0.25, -0.2) is 14.2 Å². The molecule has 2 aromatic heterocycles. The molecule has 1 N–H and O–H groups in total. The van der Waals surface area contributed by atoms with Gasteiger partial charge < -0.3 is 15.0 Å². The molecule has 1 fully saturated rings. The van der Waals surface area contributed by atoms with Crippen LogP contribution in [0, 0.1) is 0 Å². The summed E-state index contributed by atoms with van der Waals surface area (Å²) in [5.41, 5.74) is 0.140. The maximum absolute atomic E-state index is 14.4. The number of alkyl halides is 1. The first-order valence-corrected chi connectivity index (χ1v) is 8.81. The number of aromatic nitrogens is 2. The lowest BCUT2D eigenvalue weighted by atomic mass is 10.2. The molecular formula is C17H20BrFN4O2. The summed E-state index contributed by atoms with van der Waals surface area (Å²) in [7, 11) is 0. The molecule has 8 heteroatoms. The third-order valence-electron chi connectivity index (χ3n) is 3.82. The molecule has 0 saturated carbocycles. The van der Waals surface area contributed by atoms with Crippen LogP contribution in [0.3, 0.4) is 0 Å². The zero-order valence-electron chi connectivity index (χ0n) is 14.3. The summed E-state index contributed by atoms with van der Waals surface area (Å²) in [6.45, 7) is 5.58. The van der Waals surface area contributed by atoms with Crippen LogP contribution in [0.25, 0.3) is 10.9 Å². The van der Waals surface area contributed by atoms with Crippen LogP contribution in [0.5, 0.6) is 0 Å². The smallest absolute Gasteiger partial charge is 0.410 e. The molecule has 0 unspecified atom stereocenters. The van der Waals surface area contributed by atoms with Crippen molar-refractivity contribution in [1.29, 1.82) is 0 Å². The SMILES string of the molecule is CC(C)(C)OC(=O)N1C[C@H](F)[C@H](Nc2ncc(Br)c3ncccc23)C1. The van der Waals surface area contributed by atoms with E-state index < -0.39 is 23.9 Å². The van der Waals surface area contributed by atoms with Gasteiger partial charge in [0, 0.05) is 24.3 Å². The van der Waals surface area contributed by atoms with Gasteiger partial charge in [-0.05, 0) is 48.8 Å². The summed E-state index contributed by atoms with van der Waals surface area (Å²) in [6, 6.07) is 3.12. The minimum absolute atomic E-state index is 0.000704. The van der Waals surface area contributed by atoms with Crippen molar-refractivity contribution in [2.75, 3.05) is 18.4 Å². The average Bonchev–Trinajstić information content (AvgIpc) is 2.90. The molecule has 2 aromatic rings. The first kappa shape index (κ1) is 17.8. The van der Waals surface area contributed by atoms with E-state index in [1.807, 2.05) is 6.07 Å². The first-order chi connectivity index (χ1) is 11.7. The summed E-state index contributed by atoms with van der Waals surface area (Å²) in [5.74, 6) is 0.546. The van der Waals surface area contributed by atoms with E-state index in [-0.39, 0.29) is 13.1 Å². The van der Waals surface area contributed by atoms with Gasteiger partial charge >= 0.3 is 6.09 Å².